The first-order valence-corrected chi connectivity index (χ1v) is 7.88. The van der Waals surface area contributed by atoms with E-state index in [0.29, 0.717) is 25.0 Å². The number of methoxy groups -OCH3 is 1. The molecule has 0 saturated heterocycles. The molecule has 0 aliphatic heterocycles. The quantitative estimate of drug-likeness (QED) is 0.472. The zero-order valence-corrected chi connectivity index (χ0v) is 15.2. The molecule has 0 bridgehead atoms. The van der Waals surface area contributed by atoms with Gasteiger partial charge in [0.25, 0.3) is 0 Å². The smallest absolute Gasteiger partial charge is 0.481 e. The molecule has 154 valence electrons. The summed E-state index contributed by atoms with van der Waals surface area (Å²) in [4.78, 5) is 20.0. The lowest BCUT2D eigenvalue weighted by molar-refractivity contribution is -0.752. The lowest BCUT2D eigenvalue weighted by Gasteiger charge is -1.99. The van der Waals surface area contributed by atoms with Crippen LogP contribution in [0.25, 0.3) is 22.4 Å². The molecule has 0 aromatic carbocycles. The van der Waals surface area contributed by atoms with E-state index in [0.717, 1.165) is 11.1 Å². The molecule has 29 heavy (non-hydrogen) atoms. The maximum atomic E-state index is 11.0. The third-order valence-corrected chi connectivity index (χ3v) is 3.42. The molecule has 14 heteroatoms. The van der Waals surface area contributed by atoms with Crippen LogP contribution in [0.2, 0.25) is 0 Å². The fourth-order valence-corrected chi connectivity index (χ4v) is 1.98. The zero-order chi connectivity index (χ0) is 21.6. The molecular formula is C15H15F3N7O4+. The van der Waals surface area contributed by atoms with Gasteiger partial charge in [-0.1, -0.05) is 9.90 Å². The number of fused-ring (bicyclic) bond motifs is 1. The molecule has 3 aromatic rings. The van der Waals surface area contributed by atoms with Crippen molar-refractivity contribution in [3.05, 3.63) is 24.5 Å². The molecular weight excluding hydrogens is 399 g/mol. The van der Waals surface area contributed by atoms with Gasteiger partial charge in [-0.25, -0.2) is 9.48 Å². The van der Waals surface area contributed by atoms with E-state index in [1.807, 2.05) is 12.1 Å². The number of aromatic nitrogens is 7. The lowest BCUT2D eigenvalue weighted by atomic mass is 10.2. The van der Waals surface area contributed by atoms with Crippen LogP contribution in [-0.2, 0) is 27.9 Å². The minimum atomic E-state index is -4.85. The van der Waals surface area contributed by atoms with Crippen LogP contribution in [0, 0.1) is 0 Å². The predicted molar refractivity (Wildman–Crippen MR) is 87.8 cm³/mol. The molecule has 0 aliphatic rings. The number of hydrogen-bond acceptors (Lipinski definition) is 8. The number of halogens is 3. The van der Waals surface area contributed by atoms with Crippen molar-refractivity contribution in [2.45, 2.75) is 19.1 Å². The Labute approximate surface area is 160 Å². The Bertz CT molecular complexity index is 1010. The Balaban J connectivity index is 0.000000321. The van der Waals surface area contributed by atoms with Crippen LogP contribution in [-0.4, -0.2) is 60.6 Å². The number of carboxylic acids is 1. The van der Waals surface area contributed by atoms with E-state index in [1.54, 1.807) is 28.8 Å². The highest BCUT2D eigenvalue weighted by atomic mass is 19.4. The van der Waals surface area contributed by atoms with Gasteiger partial charge < -0.3 is 9.84 Å². The number of rotatable bonds is 4. The number of ether oxygens (including phenoxy) is 1. The Hall–Kier alpha value is -3.71. The average molecular weight is 414 g/mol. The monoisotopic (exact) mass is 414 g/mol. The van der Waals surface area contributed by atoms with Crippen LogP contribution in [0.3, 0.4) is 0 Å². The molecule has 0 unspecified atom stereocenters. The summed E-state index contributed by atoms with van der Waals surface area (Å²) in [5, 5.41) is 28.6. The number of carboxylic acid groups (broad SMARTS) is 1. The molecule has 0 saturated carbocycles. The van der Waals surface area contributed by atoms with Crippen molar-refractivity contribution < 1.29 is 37.3 Å². The summed E-state index contributed by atoms with van der Waals surface area (Å²) in [6.45, 7) is 0.325. The molecule has 0 radical (unpaired) electrons. The molecule has 11 nitrogen and oxygen atoms in total. The minimum absolute atomic E-state index is 0.0312. The first kappa shape index (κ1) is 21.6. The standard InChI is InChI=1S/C12H11N7O2.C3H3F3O2/c1-18-10-6-9(14-15-12(10)16-17-18)8-2-4-19(13-7-8)5-3-11(20)21;1-8-2(7)3(4,5)6/h2,4,6-7H,3,5H2,1H3;1H3/p+1. The maximum Gasteiger partial charge on any atom is 0.490 e. The molecule has 3 aromatic heterocycles. The van der Waals surface area contributed by atoms with Crippen LogP contribution in [0.1, 0.15) is 6.42 Å². The van der Waals surface area contributed by atoms with E-state index in [9.17, 15) is 22.8 Å². The minimum Gasteiger partial charge on any atom is -0.481 e. The molecule has 0 fully saturated rings. The van der Waals surface area contributed by atoms with Crippen molar-refractivity contribution in [2.24, 2.45) is 7.05 Å². The number of carbonyl (C=O) groups excluding carboxylic acids is 1. The van der Waals surface area contributed by atoms with E-state index in [2.05, 4.69) is 30.3 Å². The second-order valence-corrected chi connectivity index (χ2v) is 5.46. The summed E-state index contributed by atoms with van der Waals surface area (Å²) < 4.78 is 39.5. The number of carbonyl (C=O) groups is 2. The normalized spacial score (nSPS) is 10.9. The third-order valence-electron chi connectivity index (χ3n) is 3.42. The molecule has 0 spiro atoms. The first-order valence-electron chi connectivity index (χ1n) is 7.88. The summed E-state index contributed by atoms with van der Waals surface area (Å²) in [5.74, 6) is -3.02. The van der Waals surface area contributed by atoms with Crippen molar-refractivity contribution in [3.8, 4) is 11.3 Å². The maximum absolute atomic E-state index is 11.0. The van der Waals surface area contributed by atoms with E-state index in [4.69, 9.17) is 5.11 Å². The van der Waals surface area contributed by atoms with Gasteiger partial charge in [0.05, 0.1) is 12.8 Å². The Morgan fingerprint density at radius 3 is 2.52 bits per heavy atom. The average Bonchev–Trinajstić information content (AvgIpc) is 3.06. The SMILES string of the molecule is COC(=O)C(F)(F)F.Cn1nnc2nnc(-c3cc[n+](CCC(=O)O)nc3)cc21. The topological polar surface area (TPSA) is 137 Å². The van der Waals surface area contributed by atoms with Gasteiger partial charge in [0.15, 0.2) is 12.7 Å². The van der Waals surface area contributed by atoms with Gasteiger partial charge in [-0.05, 0) is 11.2 Å². The van der Waals surface area contributed by atoms with Crippen molar-refractivity contribution in [1.82, 2.24) is 30.3 Å². The lowest BCUT2D eigenvalue weighted by Crippen LogP contribution is -2.38. The molecule has 0 atom stereocenters. The van der Waals surface area contributed by atoms with Gasteiger partial charge in [0.1, 0.15) is 18.1 Å². The predicted octanol–water partition coefficient (Wildman–Crippen LogP) is 0.304. The Morgan fingerprint density at radius 2 is 2.00 bits per heavy atom. The summed E-state index contributed by atoms with van der Waals surface area (Å²) >= 11 is 0. The number of esters is 1. The number of nitrogens with zero attached hydrogens (tertiary/aromatic N) is 7. The van der Waals surface area contributed by atoms with E-state index in [1.165, 1.54) is 0 Å². The van der Waals surface area contributed by atoms with Gasteiger partial charge >= 0.3 is 18.1 Å². The summed E-state index contributed by atoms with van der Waals surface area (Å²) in [5.41, 5.74) is 2.72. The number of aryl methyl sites for hydroxylation is 2. The van der Waals surface area contributed by atoms with Crippen LogP contribution in [0.15, 0.2) is 24.5 Å². The number of alkyl halides is 3. The number of hydrogen-bond donors (Lipinski definition) is 1. The van der Waals surface area contributed by atoms with E-state index in [-0.39, 0.29) is 6.42 Å². The second kappa shape index (κ2) is 8.99. The van der Waals surface area contributed by atoms with Crippen LogP contribution in [0.5, 0.6) is 0 Å². The third kappa shape index (κ3) is 5.88. The molecule has 1 N–H and O–H groups in total. The van der Waals surface area contributed by atoms with Gasteiger partial charge in [0, 0.05) is 18.7 Å². The van der Waals surface area contributed by atoms with Crippen molar-refractivity contribution in [2.75, 3.05) is 7.11 Å². The molecule has 3 heterocycles. The molecule has 0 aliphatic carbocycles. The second-order valence-electron chi connectivity index (χ2n) is 5.46. The Kier molecular flexibility index (Phi) is 6.69. The van der Waals surface area contributed by atoms with Gasteiger partial charge in [-0.15, -0.1) is 15.3 Å². The van der Waals surface area contributed by atoms with Crippen LogP contribution < -0.4 is 4.68 Å². The van der Waals surface area contributed by atoms with Crippen LogP contribution in [0.4, 0.5) is 13.2 Å². The van der Waals surface area contributed by atoms with Crippen molar-refractivity contribution in [1.29, 1.82) is 0 Å². The highest BCUT2D eigenvalue weighted by molar-refractivity contribution is 5.75. The fourth-order valence-electron chi connectivity index (χ4n) is 1.98. The van der Waals surface area contributed by atoms with Gasteiger partial charge in [0.2, 0.25) is 5.65 Å². The number of aliphatic carboxylic acids is 1. The van der Waals surface area contributed by atoms with E-state index < -0.39 is 18.1 Å². The van der Waals surface area contributed by atoms with Crippen molar-refractivity contribution in [3.63, 3.8) is 0 Å². The molecule has 3 rings (SSSR count). The summed E-state index contributed by atoms with van der Waals surface area (Å²) in [6, 6.07) is 3.65. The van der Waals surface area contributed by atoms with Gasteiger partial charge in [-0.3, -0.25) is 4.79 Å². The largest absolute Gasteiger partial charge is 0.490 e. The summed E-state index contributed by atoms with van der Waals surface area (Å²) in [7, 11) is 2.46. The van der Waals surface area contributed by atoms with Crippen molar-refractivity contribution >= 4 is 23.1 Å². The first-order chi connectivity index (χ1) is 13.6. The zero-order valence-electron chi connectivity index (χ0n) is 15.2. The van der Waals surface area contributed by atoms with Crippen LogP contribution >= 0.6 is 0 Å². The van der Waals surface area contributed by atoms with E-state index >= 15 is 0 Å². The molecule has 0 amide bonds. The highest BCUT2D eigenvalue weighted by Crippen LogP contribution is 2.17. The highest BCUT2D eigenvalue weighted by Gasteiger charge is 2.40. The van der Waals surface area contributed by atoms with Gasteiger partial charge in [-0.2, -0.15) is 13.2 Å². The summed E-state index contributed by atoms with van der Waals surface area (Å²) in [6.07, 6.45) is -1.48. The fraction of sp³-hybridized carbons (Fsp3) is 0.333. The Morgan fingerprint density at radius 1 is 1.28 bits per heavy atom.